The second kappa shape index (κ2) is 8.76. The summed E-state index contributed by atoms with van der Waals surface area (Å²) in [6.45, 7) is 0.305. The van der Waals surface area contributed by atoms with Crippen LogP contribution in [0.5, 0.6) is 5.75 Å². The predicted molar refractivity (Wildman–Crippen MR) is 89.5 cm³/mol. The number of benzene rings is 1. The van der Waals surface area contributed by atoms with E-state index in [1.807, 2.05) is 0 Å². The molecule has 0 radical (unpaired) electrons. The number of ether oxygens (including phenoxy) is 2. The number of nitrogens with one attached hydrogen (secondary N) is 1. The highest BCUT2D eigenvalue weighted by atomic mass is 32.3. The quantitative estimate of drug-likeness (QED) is 0.233. The van der Waals surface area contributed by atoms with Crippen molar-refractivity contribution in [1.29, 1.82) is 0 Å². The maximum atomic E-state index is 11.4. The zero-order valence-corrected chi connectivity index (χ0v) is 15.2. The van der Waals surface area contributed by atoms with Gasteiger partial charge in [0.05, 0.1) is 11.5 Å². The van der Waals surface area contributed by atoms with Crippen molar-refractivity contribution >= 4 is 22.0 Å². The summed E-state index contributed by atoms with van der Waals surface area (Å²) in [4.78, 5) is 21.5. The molecule has 0 aliphatic carbocycles. The maximum Gasteiger partial charge on any atom is 0.397 e. The summed E-state index contributed by atoms with van der Waals surface area (Å²) < 4.78 is 45.1. The molecule has 0 saturated carbocycles. The Morgan fingerprint density at radius 2 is 1.89 bits per heavy atom. The Kier molecular flexibility index (Phi) is 6.87. The van der Waals surface area contributed by atoms with Gasteiger partial charge in [0.1, 0.15) is 30.1 Å². The SMILES string of the molecule is CC(=O)N[C@@H]1[C@H](Oc2ccc([N+](=O)[O-])cc2)O[C@H](COS(=O)(=O)O)[C@@H](O)[C@@H]1O. The van der Waals surface area contributed by atoms with Crippen molar-refractivity contribution < 1.29 is 46.6 Å². The number of non-ortho nitro benzene ring substituents is 1. The number of nitrogens with zero attached hydrogens (tertiary/aromatic N) is 1. The summed E-state index contributed by atoms with van der Waals surface area (Å²) in [6, 6.07) is 3.52. The molecule has 156 valence electrons. The van der Waals surface area contributed by atoms with Crippen LogP contribution < -0.4 is 10.1 Å². The van der Waals surface area contributed by atoms with Crippen LogP contribution in [0.25, 0.3) is 0 Å². The Hall–Kier alpha value is -2.36. The van der Waals surface area contributed by atoms with Crippen LogP contribution in [0.1, 0.15) is 6.92 Å². The van der Waals surface area contributed by atoms with Gasteiger partial charge < -0.3 is 25.0 Å². The van der Waals surface area contributed by atoms with Gasteiger partial charge in [0.25, 0.3) is 5.69 Å². The van der Waals surface area contributed by atoms with Crippen molar-refractivity contribution in [1.82, 2.24) is 5.32 Å². The minimum Gasteiger partial charge on any atom is -0.463 e. The fraction of sp³-hybridized carbons (Fsp3) is 0.500. The number of hydrogen-bond donors (Lipinski definition) is 4. The first-order valence-electron chi connectivity index (χ1n) is 7.79. The van der Waals surface area contributed by atoms with E-state index >= 15 is 0 Å². The lowest BCUT2D eigenvalue weighted by Crippen LogP contribution is -2.65. The van der Waals surface area contributed by atoms with Gasteiger partial charge in [-0.25, -0.2) is 4.18 Å². The molecule has 13 nitrogen and oxygen atoms in total. The van der Waals surface area contributed by atoms with Gasteiger partial charge in [0, 0.05) is 19.1 Å². The van der Waals surface area contributed by atoms with E-state index < -0.39 is 58.5 Å². The normalized spacial score (nSPS) is 27.8. The fourth-order valence-electron chi connectivity index (χ4n) is 2.49. The highest BCUT2D eigenvalue weighted by Gasteiger charge is 2.46. The number of carbonyl (C=O) groups excluding carboxylic acids is 1. The molecule has 0 aromatic heterocycles. The smallest absolute Gasteiger partial charge is 0.397 e. The first-order chi connectivity index (χ1) is 13.0. The Morgan fingerprint density at radius 3 is 2.39 bits per heavy atom. The monoisotopic (exact) mass is 422 g/mol. The Labute approximate surface area is 158 Å². The first-order valence-corrected chi connectivity index (χ1v) is 9.16. The number of aliphatic hydroxyl groups excluding tert-OH is 2. The Morgan fingerprint density at radius 1 is 1.29 bits per heavy atom. The standard InChI is InChI=1S/C14H18N2O11S/c1-7(17)15-11-13(19)12(18)10(6-25-28(22,23)24)27-14(11)26-9-4-2-8(3-5-9)16(20)21/h2-5,10-14,18-19H,6H2,1H3,(H,15,17)(H,22,23,24)/t10-,11+,12-,13-,14-/m1/s1. The average molecular weight is 422 g/mol. The fourth-order valence-corrected chi connectivity index (χ4v) is 2.80. The molecule has 1 aliphatic rings. The lowest BCUT2D eigenvalue weighted by molar-refractivity contribution is -0.384. The zero-order valence-electron chi connectivity index (χ0n) is 14.4. The number of hydrogen-bond acceptors (Lipinski definition) is 10. The van der Waals surface area contributed by atoms with Gasteiger partial charge in [-0.3, -0.25) is 19.5 Å². The summed E-state index contributed by atoms with van der Waals surface area (Å²) in [6.07, 6.45) is -6.19. The van der Waals surface area contributed by atoms with Gasteiger partial charge >= 0.3 is 10.4 Å². The van der Waals surface area contributed by atoms with Gasteiger partial charge in [-0.1, -0.05) is 0 Å². The van der Waals surface area contributed by atoms with Gasteiger partial charge in [-0.05, 0) is 12.1 Å². The largest absolute Gasteiger partial charge is 0.463 e. The summed E-state index contributed by atoms with van der Waals surface area (Å²) in [5.74, 6) is -0.506. The molecular formula is C14H18N2O11S. The second-order valence-electron chi connectivity index (χ2n) is 5.83. The second-order valence-corrected chi connectivity index (χ2v) is 6.92. The molecule has 0 bridgehead atoms. The van der Waals surface area contributed by atoms with E-state index in [9.17, 15) is 33.5 Å². The third-order valence-corrected chi connectivity index (χ3v) is 4.19. The molecule has 1 fully saturated rings. The molecule has 1 saturated heterocycles. The van der Waals surface area contributed by atoms with Crippen LogP contribution in [-0.4, -0.2) is 71.3 Å². The van der Waals surface area contributed by atoms with Crippen molar-refractivity contribution in [3.05, 3.63) is 34.4 Å². The van der Waals surface area contributed by atoms with Gasteiger partial charge in [-0.2, -0.15) is 8.42 Å². The molecule has 1 aromatic carbocycles. The molecule has 1 heterocycles. The third-order valence-electron chi connectivity index (χ3n) is 3.75. The molecule has 1 aliphatic heterocycles. The number of amides is 1. The molecule has 1 aromatic rings. The number of nitro benzene ring substituents is 1. The van der Waals surface area contributed by atoms with Crippen molar-refractivity contribution in [2.45, 2.75) is 37.6 Å². The van der Waals surface area contributed by atoms with Crippen molar-refractivity contribution in [3.63, 3.8) is 0 Å². The van der Waals surface area contributed by atoms with E-state index in [0.29, 0.717) is 0 Å². The molecule has 14 heteroatoms. The highest BCUT2D eigenvalue weighted by molar-refractivity contribution is 7.80. The third kappa shape index (κ3) is 5.82. The van der Waals surface area contributed by atoms with E-state index in [4.69, 9.17) is 14.0 Å². The number of carbonyl (C=O) groups is 1. The lowest BCUT2D eigenvalue weighted by atomic mass is 9.97. The van der Waals surface area contributed by atoms with E-state index in [-0.39, 0.29) is 11.4 Å². The number of aliphatic hydroxyl groups is 2. The molecule has 4 N–H and O–H groups in total. The van der Waals surface area contributed by atoms with Crippen LogP contribution in [-0.2, 0) is 24.1 Å². The topological polar surface area (TPSA) is 195 Å². The van der Waals surface area contributed by atoms with Crippen molar-refractivity contribution in [2.75, 3.05) is 6.61 Å². The van der Waals surface area contributed by atoms with Crippen LogP contribution in [0.15, 0.2) is 24.3 Å². The predicted octanol–water partition coefficient (Wildman–Crippen LogP) is -1.26. The Balaban J connectivity index is 2.21. The molecule has 28 heavy (non-hydrogen) atoms. The summed E-state index contributed by atoms with van der Waals surface area (Å²) in [7, 11) is -4.83. The van der Waals surface area contributed by atoms with Crippen molar-refractivity contribution in [3.8, 4) is 5.75 Å². The molecule has 0 spiro atoms. The van der Waals surface area contributed by atoms with Gasteiger partial charge in [-0.15, -0.1) is 0 Å². The average Bonchev–Trinajstić information content (AvgIpc) is 2.59. The van der Waals surface area contributed by atoms with E-state index in [1.165, 1.54) is 12.1 Å². The van der Waals surface area contributed by atoms with Crippen molar-refractivity contribution in [2.24, 2.45) is 0 Å². The van der Waals surface area contributed by atoms with Gasteiger partial charge in [0.2, 0.25) is 12.2 Å². The summed E-state index contributed by atoms with van der Waals surface area (Å²) >= 11 is 0. The minimum atomic E-state index is -4.83. The van der Waals surface area contributed by atoms with Crippen LogP contribution in [0, 0.1) is 10.1 Å². The number of rotatable bonds is 7. The Bertz CT molecular complexity index is 813. The molecule has 5 atom stereocenters. The lowest BCUT2D eigenvalue weighted by Gasteiger charge is -2.42. The summed E-state index contributed by atoms with van der Waals surface area (Å²) in [5, 5.41) is 33.4. The molecular weight excluding hydrogens is 404 g/mol. The van der Waals surface area contributed by atoms with Crippen LogP contribution in [0.4, 0.5) is 5.69 Å². The van der Waals surface area contributed by atoms with E-state index in [0.717, 1.165) is 19.1 Å². The van der Waals surface area contributed by atoms with E-state index in [1.54, 1.807) is 0 Å². The summed E-state index contributed by atoms with van der Waals surface area (Å²) in [5.41, 5.74) is -0.204. The zero-order chi connectivity index (χ0) is 21.1. The molecule has 1 amide bonds. The van der Waals surface area contributed by atoms with Crippen LogP contribution in [0.2, 0.25) is 0 Å². The number of nitro groups is 1. The highest BCUT2D eigenvalue weighted by Crippen LogP contribution is 2.26. The van der Waals surface area contributed by atoms with Crippen LogP contribution in [0.3, 0.4) is 0 Å². The van der Waals surface area contributed by atoms with Crippen LogP contribution >= 0.6 is 0 Å². The van der Waals surface area contributed by atoms with Gasteiger partial charge in [0.15, 0.2) is 0 Å². The minimum absolute atomic E-state index is 0.0731. The maximum absolute atomic E-state index is 11.4. The first kappa shape index (κ1) is 21.9. The molecule has 0 unspecified atom stereocenters. The van der Waals surface area contributed by atoms with E-state index in [2.05, 4.69) is 9.50 Å². The molecule has 2 rings (SSSR count).